The van der Waals surface area contributed by atoms with Gasteiger partial charge in [-0.25, -0.2) is 0 Å². The number of hydrogen-bond donors (Lipinski definition) is 2. The Morgan fingerprint density at radius 3 is 2.79 bits per heavy atom. The average molecular weight is 301 g/mol. The highest BCUT2D eigenvalue weighted by Gasteiger charge is 2.51. The van der Waals surface area contributed by atoms with E-state index in [1.165, 1.54) is 0 Å². The smallest absolute Gasteiger partial charge is 0.271 e. The Balaban J connectivity index is 2.20. The van der Waals surface area contributed by atoms with Crippen molar-refractivity contribution in [3.05, 3.63) is 28.8 Å². The van der Waals surface area contributed by atoms with Gasteiger partial charge in [-0.05, 0) is 48.9 Å². The van der Waals surface area contributed by atoms with E-state index in [0.717, 1.165) is 31.2 Å². The Labute approximate surface area is 118 Å². The topological polar surface area (TPSA) is 58.2 Å². The zero-order valence-electron chi connectivity index (χ0n) is 10.7. The van der Waals surface area contributed by atoms with Crippen LogP contribution in [-0.2, 0) is 15.7 Å². The first-order valence-electron chi connectivity index (χ1n) is 6.58. The first kappa shape index (κ1) is 13.2. The minimum Gasteiger partial charge on any atom is -0.271 e. The van der Waals surface area contributed by atoms with Crippen LogP contribution in [0.2, 0.25) is 5.02 Å². The largest absolute Gasteiger partial charge is 0.299 e. The fourth-order valence-corrected chi connectivity index (χ4v) is 4.65. The zero-order chi connectivity index (χ0) is 13.7. The Morgan fingerprint density at radius 2 is 2.16 bits per heavy atom. The number of rotatable bonds is 3. The van der Waals surface area contributed by atoms with Crippen molar-refractivity contribution in [3.63, 3.8) is 0 Å². The lowest BCUT2D eigenvalue weighted by Gasteiger charge is -2.40. The molecule has 1 aliphatic carbocycles. The molecule has 1 atom stereocenters. The van der Waals surface area contributed by atoms with Crippen molar-refractivity contribution in [2.24, 2.45) is 5.92 Å². The van der Waals surface area contributed by atoms with Crippen LogP contribution < -0.4 is 9.44 Å². The summed E-state index contributed by atoms with van der Waals surface area (Å²) in [6.07, 6.45) is 3.85. The summed E-state index contributed by atoms with van der Waals surface area (Å²) in [5, 5.41) is 0.641. The molecule has 1 aromatic rings. The quantitative estimate of drug-likeness (QED) is 0.901. The number of nitrogens with one attached hydrogen (secondary N) is 2. The van der Waals surface area contributed by atoms with Gasteiger partial charge < -0.3 is 0 Å². The molecule has 6 heteroatoms. The van der Waals surface area contributed by atoms with Gasteiger partial charge >= 0.3 is 0 Å². The highest BCUT2D eigenvalue weighted by molar-refractivity contribution is 7.90. The van der Waals surface area contributed by atoms with Gasteiger partial charge in [0.25, 0.3) is 10.2 Å². The molecule has 0 spiro atoms. The summed E-state index contributed by atoms with van der Waals surface area (Å²) in [6.45, 7) is 2.07. The average Bonchev–Trinajstić information content (AvgIpc) is 3.13. The molecule has 1 unspecified atom stereocenters. The van der Waals surface area contributed by atoms with Crippen LogP contribution in [0.15, 0.2) is 18.2 Å². The molecule has 0 saturated heterocycles. The minimum atomic E-state index is -3.49. The number of halogens is 1. The molecular weight excluding hydrogens is 284 g/mol. The predicted molar refractivity (Wildman–Crippen MR) is 76.4 cm³/mol. The fourth-order valence-electron chi connectivity index (χ4n) is 3.10. The highest BCUT2D eigenvalue weighted by Crippen LogP contribution is 2.52. The summed E-state index contributed by atoms with van der Waals surface area (Å²) < 4.78 is 29.5. The van der Waals surface area contributed by atoms with Crippen molar-refractivity contribution >= 4 is 27.5 Å². The number of anilines is 1. The Morgan fingerprint density at radius 1 is 1.42 bits per heavy atom. The van der Waals surface area contributed by atoms with E-state index >= 15 is 0 Å². The Kier molecular flexibility index (Phi) is 3.04. The standard InChI is InChI=1S/C13H17ClN2O2S/c1-2-7-13(9-3-4-9)11-8-10(14)5-6-12(11)15-19(17,18)16-13/h5-6,8-9,15-16H,2-4,7H2,1H3. The lowest BCUT2D eigenvalue weighted by molar-refractivity contribution is 0.310. The van der Waals surface area contributed by atoms with Gasteiger partial charge in [0.2, 0.25) is 0 Å². The molecule has 2 N–H and O–H groups in total. The third kappa shape index (κ3) is 2.24. The van der Waals surface area contributed by atoms with Gasteiger partial charge in [-0.15, -0.1) is 0 Å². The third-order valence-corrected chi connectivity index (χ3v) is 5.30. The molecule has 1 fully saturated rings. The second-order valence-corrected chi connectivity index (χ2v) is 7.24. The molecular formula is C13H17ClN2O2S. The van der Waals surface area contributed by atoms with Gasteiger partial charge in [-0.3, -0.25) is 4.72 Å². The molecule has 1 aromatic carbocycles. The number of hydrogen-bond acceptors (Lipinski definition) is 2. The summed E-state index contributed by atoms with van der Waals surface area (Å²) in [4.78, 5) is 0. The van der Waals surface area contributed by atoms with Crippen LogP contribution in [-0.4, -0.2) is 8.42 Å². The molecule has 1 aliphatic heterocycles. The van der Waals surface area contributed by atoms with Crippen LogP contribution in [0.1, 0.15) is 38.2 Å². The molecule has 19 heavy (non-hydrogen) atoms. The Hall–Kier alpha value is -0.780. The minimum absolute atomic E-state index is 0.376. The van der Waals surface area contributed by atoms with Crippen molar-refractivity contribution in [3.8, 4) is 0 Å². The van der Waals surface area contributed by atoms with Gasteiger partial charge in [0, 0.05) is 5.02 Å². The molecule has 0 radical (unpaired) electrons. The van der Waals surface area contributed by atoms with Crippen LogP contribution in [0.4, 0.5) is 5.69 Å². The van der Waals surface area contributed by atoms with Crippen molar-refractivity contribution in [1.29, 1.82) is 0 Å². The normalized spacial score (nSPS) is 28.5. The van der Waals surface area contributed by atoms with E-state index in [-0.39, 0.29) is 0 Å². The van der Waals surface area contributed by atoms with E-state index in [1.807, 2.05) is 6.07 Å². The van der Waals surface area contributed by atoms with E-state index in [4.69, 9.17) is 11.6 Å². The molecule has 0 bridgehead atoms. The predicted octanol–water partition coefficient (Wildman–Crippen LogP) is 3.01. The summed E-state index contributed by atoms with van der Waals surface area (Å²) in [5.41, 5.74) is 1.15. The van der Waals surface area contributed by atoms with Crippen molar-refractivity contribution in [2.75, 3.05) is 4.72 Å². The van der Waals surface area contributed by atoms with Gasteiger partial charge in [0.15, 0.2) is 0 Å². The molecule has 1 saturated carbocycles. The lowest BCUT2D eigenvalue weighted by Crippen LogP contribution is -2.53. The first-order valence-corrected chi connectivity index (χ1v) is 8.45. The second-order valence-electron chi connectivity index (χ2n) is 5.39. The van der Waals surface area contributed by atoms with Crippen molar-refractivity contribution in [1.82, 2.24) is 4.72 Å². The summed E-state index contributed by atoms with van der Waals surface area (Å²) in [7, 11) is -3.49. The van der Waals surface area contributed by atoms with Crippen LogP contribution in [0.25, 0.3) is 0 Å². The Bertz CT molecular complexity index is 613. The third-order valence-electron chi connectivity index (χ3n) is 3.94. The van der Waals surface area contributed by atoms with Crippen molar-refractivity contribution in [2.45, 2.75) is 38.1 Å². The molecule has 0 amide bonds. The van der Waals surface area contributed by atoms with Crippen molar-refractivity contribution < 1.29 is 8.42 Å². The lowest BCUT2D eigenvalue weighted by atomic mass is 9.81. The van der Waals surface area contributed by atoms with Gasteiger partial charge in [-0.2, -0.15) is 13.1 Å². The number of fused-ring (bicyclic) bond motifs is 1. The SMILES string of the molecule is CCCC1(C2CC2)NS(=O)(=O)Nc2ccc(Cl)cc21. The van der Waals surface area contributed by atoms with Crippen LogP contribution in [0, 0.1) is 5.92 Å². The zero-order valence-corrected chi connectivity index (χ0v) is 12.3. The molecule has 0 aromatic heterocycles. The van der Waals surface area contributed by atoms with Crippen LogP contribution in [0.3, 0.4) is 0 Å². The van der Waals surface area contributed by atoms with Crippen LogP contribution in [0.5, 0.6) is 0 Å². The van der Waals surface area contributed by atoms with E-state index in [9.17, 15) is 8.42 Å². The molecule has 2 aliphatic rings. The van der Waals surface area contributed by atoms with E-state index in [2.05, 4.69) is 16.4 Å². The molecule has 4 nitrogen and oxygen atoms in total. The van der Waals surface area contributed by atoms with Gasteiger partial charge in [0.1, 0.15) is 0 Å². The van der Waals surface area contributed by atoms with Gasteiger partial charge in [-0.1, -0.05) is 24.9 Å². The van der Waals surface area contributed by atoms with Gasteiger partial charge in [0.05, 0.1) is 11.2 Å². The molecule has 104 valence electrons. The highest BCUT2D eigenvalue weighted by atomic mass is 35.5. The first-order chi connectivity index (χ1) is 8.97. The van der Waals surface area contributed by atoms with Crippen LogP contribution >= 0.6 is 11.6 Å². The van der Waals surface area contributed by atoms with E-state index in [0.29, 0.717) is 16.6 Å². The second kappa shape index (κ2) is 4.36. The molecule has 3 rings (SSSR count). The summed E-state index contributed by atoms with van der Waals surface area (Å²) >= 11 is 6.10. The maximum atomic E-state index is 12.1. The summed E-state index contributed by atoms with van der Waals surface area (Å²) in [6, 6.07) is 5.36. The van der Waals surface area contributed by atoms with E-state index < -0.39 is 15.7 Å². The maximum Gasteiger partial charge on any atom is 0.299 e. The van der Waals surface area contributed by atoms with E-state index in [1.54, 1.807) is 12.1 Å². The fraction of sp³-hybridized carbons (Fsp3) is 0.538. The molecule has 1 heterocycles. The monoisotopic (exact) mass is 300 g/mol. The summed E-state index contributed by atoms with van der Waals surface area (Å²) in [5.74, 6) is 0.376. The maximum absolute atomic E-state index is 12.1. The number of benzene rings is 1.